The van der Waals surface area contributed by atoms with Gasteiger partial charge in [-0.3, -0.25) is 9.36 Å². The summed E-state index contributed by atoms with van der Waals surface area (Å²) in [6, 6.07) is 8.59. The summed E-state index contributed by atoms with van der Waals surface area (Å²) in [5, 5.41) is 12.3. The molecule has 1 atom stereocenters. The van der Waals surface area contributed by atoms with Crippen molar-refractivity contribution in [2.24, 2.45) is 0 Å². The van der Waals surface area contributed by atoms with E-state index >= 15 is 0 Å². The van der Waals surface area contributed by atoms with Crippen LogP contribution in [0.15, 0.2) is 41.3 Å². The van der Waals surface area contributed by atoms with Crippen molar-refractivity contribution in [1.29, 1.82) is 0 Å². The van der Waals surface area contributed by atoms with Crippen molar-refractivity contribution >= 4 is 6.09 Å². The fraction of sp³-hybridized carbons (Fsp3) is 0.429. The summed E-state index contributed by atoms with van der Waals surface area (Å²) in [5.74, 6) is 0. The molecule has 1 heterocycles. The third-order valence-corrected chi connectivity index (χ3v) is 4.07. The quantitative estimate of drug-likeness (QED) is 0.846. The first-order valence-corrected chi connectivity index (χ1v) is 8.98. The summed E-state index contributed by atoms with van der Waals surface area (Å²) >= 11 is 0. The molecule has 0 aliphatic heterocycles. The molecular weight excluding hydrogens is 344 g/mol. The molecule has 0 aliphatic rings. The molecule has 0 spiro atoms. The van der Waals surface area contributed by atoms with Crippen LogP contribution in [0.25, 0.3) is 5.69 Å². The summed E-state index contributed by atoms with van der Waals surface area (Å²) in [7, 11) is 0. The number of rotatable bonds is 5. The molecule has 6 heteroatoms. The predicted molar refractivity (Wildman–Crippen MR) is 105 cm³/mol. The van der Waals surface area contributed by atoms with Crippen LogP contribution >= 0.6 is 0 Å². The third kappa shape index (κ3) is 5.96. The van der Waals surface area contributed by atoms with Crippen molar-refractivity contribution in [2.45, 2.75) is 52.7 Å². The molecule has 6 nitrogen and oxygen atoms in total. The highest BCUT2D eigenvalue weighted by Crippen LogP contribution is 2.16. The summed E-state index contributed by atoms with van der Waals surface area (Å²) in [6.45, 7) is 9.05. The Labute approximate surface area is 159 Å². The van der Waals surface area contributed by atoms with Gasteiger partial charge in [0.2, 0.25) is 0 Å². The fourth-order valence-corrected chi connectivity index (χ4v) is 2.75. The molecule has 0 saturated carbocycles. The van der Waals surface area contributed by atoms with Crippen molar-refractivity contribution < 1.29 is 14.6 Å². The fourth-order valence-electron chi connectivity index (χ4n) is 2.75. The number of aromatic nitrogens is 1. The van der Waals surface area contributed by atoms with Crippen molar-refractivity contribution in [3.63, 3.8) is 0 Å². The van der Waals surface area contributed by atoms with Crippen molar-refractivity contribution in [3.05, 3.63) is 63.6 Å². The number of aliphatic hydroxyl groups is 1. The number of carbonyl (C=O) groups is 1. The van der Waals surface area contributed by atoms with E-state index < -0.39 is 17.7 Å². The van der Waals surface area contributed by atoms with Crippen LogP contribution in [-0.4, -0.2) is 34.0 Å². The summed E-state index contributed by atoms with van der Waals surface area (Å²) in [6.07, 6.45) is 1.71. The average Bonchev–Trinajstić information content (AvgIpc) is 2.56. The van der Waals surface area contributed by atoms with E-state index in [9.17, 15) is 14.7 Å². The van der Waals surface area contributed by atoms with E-state index in [2.05, 4.69) is 5.32 Å². The maximum absolute atomic E-state index is 12.1. The molecule has 0 fully saturated rings. The molecule has 1 unspecified atom stereocenters. The Morgan fingerprint density at radius 2 is 1.93 bits per heavy atom. The van der Waals surface area contributed by atoms with E-state index in [-0.39, 0.29) is 12.2 Å². The Kier molecular flexibility index (Phi) is 6.44. The number of aliphatic hydroxyl groups excluding tert-OH is 1. The molecule has 2 aromatic rings. The number of hydrogen-bond acceptors (Lipinski definition) is 4. The van der Waals surface area contributed by atoms with Crippen molar-refractivity contribution in [2.75, 3.05) is 6.61 Å². The number of aryl methyl sites for hydroxylation is 2. The third-order valence-electron chi connectivity index (χ3n) is 4.07. The number of amides is 1. The van der Waals surface area contributed by atoms with Crippen molar-refractivity contribution in [3.8, 4) is 5.69 Å². The first-order chi connectivity index (χ1) is 12.6. The lowest BCUT2D eigenvalue weighted by atomic mass is 10.0. The second-order valence-corrected chi connectivity index (χ2v) is 7.76. The molecule has 0 saturated heterocycles. The van der Waals surface area contributed by atoms with Gasteiger partial charge in [0.15, 0.2) is 0 Å². The number of nitrogens with zero attached hydrogens (tertiary/aromatic N) is 1. The number of ether oxygens (including phenoxy) is 1. The summed E-state index contributed by atoms with van der Waals surface area (Å²) < 4.78 is 6.85. The minimum absolute atomic E-state index is 0.0902. The minimum Gasteiger partial charge on any atom is -0.444 e. The number of hydrogen-bond donors (Lipinski definition) is 2. The lowest BCUT2D eigenvalue weighted by Crippen LogP contribution is -2.42. The van der Waals surface area contributed by atoms with E-state index in [4.69, 9.17) is 4.74 Å². The van der Waals surface area contributed by atoms with E-state index in [0.717, 1.165) is 22.4 Å². The number of nitrogens with one attached hydrogen (secondary N) is 1. The Morgan fingerprint density at radius 1 is 1.22 bits per heavy atom. The van der Waals surface area contributed by atoms with Gasteiger partial charge in [-0.05, 0) is 69.9 Å². The lowest BCUT2D eigenvalue weighted by Gasteiger charge is -2.23. The Bertz CT molecular complexity index is 865. The van der Waals surface area contributed by atoms with Gasteiger partial charge in [-0.25, -0.2) is 4.79 Å². The van der Waals surface area contributed by atoms with Crippen LogP contribution in [0.1, 0.15) is 37.5 Å². The first kappa shape index (κ1) is 20.7. The maximum Gasteiger partial charge on any atom is 0.407 e. The van der Waals surface area contributed by atoms with Gasteiger partial charge in [0.1, 0.15) is 5.60 Å². The van der Waals surface area contributed by atoms with Gasteiger partial charge in [-0.15, -0.1) is 0 Å². The largest absolute Gasteiger partial charge is 0.444 e. The zero-order valence-electron chi connectivity index (χ0n) is 16.6. The number of carbonyl (C=O) groups excluding carboxylic acids is 1. The molecule has 1 amide bonds. The van der Waals surface area contributed by atoms with Crippen LogP contribution in [0, 0.1) is 13.8 Å². The first-order valence-electron chi connectivity index (χ1n) is 8.98. The zero-order chi connectivity index (χ0) is 20.2. The van der Waals surface area contributed by atoms with Crippen LogP contribution in [-0.2, 0) is 11.2 Å². The average molecular weight is 372 g/mol. The number of alkyl carbamates (subject to hydrolysis) is 1. The van der Waals surface area contributed by atoms with Crippen LogP contribution in [0.4, 0.5) is 4.79 Å². The molecule has 146 valence electrons. The van der Waals surface area contributed by atoms with Gasteiger partial charge in [0, 0.05) is 18.0 Å². The van der Waals surface area contributed by atoms with Crippen LogP contribution in [0.2, 0.25) is 0 Å². The lowest BCUT2D eigenvalue weighted by molar-refractivity contribution is 0.0482. The highest BCUT2D eigenvalue weighted by atomic mass is 16.6. The van der Waals surface area contributed by atoms with E-state index in [1.165, 1.54) is 0 Å². The topological polar surface area (TPSA) is 80.6 Å². The molecule has 27 heavy (non-hydrogen) atoms. The predicted octanol–water partition coefficient (Wildman–Crippen LogP) is 2.88. The van der Waals surface area contributed by atoms with Gasteiger partial charge < -0.3 is 15.2 Å². The SMILES string of the molecule is Cc1ccc(=O)n(-c2ccc(CC(CO)NC(=O)OC(C)(C)C)c(C)c2)c1. The Hall–Kier alpha value is -2.60. The second-order valence-electron chi connectivity index (χ2n) is 7.76. The number of benzene rings is 1. The second kappa shape index (κ2) is 8.39. The van der Waals surface area contributed by atoms with Gasteiger partial charge >= 0.3 is 6.09 Å². The van der Waals surface area contributed by atoms with E-state index in [1.807, 2.05) is 32.0 Å². The normalized spacial score (nSPS) is 12.5. The van der Waals surface area contributed by atoms with Crippen LogP contribution in [0.3, 0.4) is 0 Å². The highest BCUT2D eigenvalue weighted by molar-refractivity contribution is 5.68. The van der Waals surface area contributed by atoms with Gasteiger partial charge in [-0.1, -0.05) is 12.1 Å². The van der Waals surface area contributed by atoms with Crippen molar-refractivity contribution in [1.82, 2.24) is 9.88 Å². The van der Waals surface area contributed by atoms with Crippen LogP contribution in [0.5, 0.6) is 0 Å². The minimum atomic E-state index is -0.595. The highest BCUT2D eigenvalue weighted by Gasteiger charge is 2.20. The van der Waals surface area contributed by atoms with Gasteiger partial charge in [0.25, 0.3) is 5.56 Å². The molecule has 2 rings (SSSR count). The molecule has 0 bridgehead atoms. The zero-order valence-corrected chi connectivity index (χ0v) is 16.6. The molecular formula is C21H28N2O4. The molecule has 0 radical (unpaired) electrons. The standard InChI is InChI=1S/C21H28N2O4/c1-14-6-9-19(25)23(12-14)18-8-7-16(15(2)10-18)11-17(13-24)22-20(26)27-21(3,4)5/h6-10,12,17,24H,11,13H2,1-5H3,(H,22,26). The van der Waals surface area contributed by atoms with Gasteiger partial charge in [0.05, 0.1) is 12.6 Å². The molecule has 1 aromatic heterocycles. The molecule has 2 N–H and O–H groups in total. The Morgan fingerprint density at radius 3 is 2.52 bits per heavy atom. The summed E-state index contributed by atoms with van der Waals surface area (Å²) in [4.78, 5) is 24.0. The van der Waals surface area contributed by atoms with E-state index in [1.54, 1.807) is 43.7 Å². The molecule has 0 aliphatic carbocycles. The van der Waals surface area contributed by atoms with Crippen LogP contribution < -0.4 is 10.9 Å². The maximum atomic E-state index is 12.1. The monoisotopic (exact) mass is 372 g/mol. The number of pyridine rings is 1. The Balaban J connectivity index is 2.16. The van der Waals surface area contributed by atoms with Gasteiger partial charge in [-0.2, -0.15) is 0 Å². The van der Waals surface area contributed by atoms with E-state index in [0.29, 0.717) is 6.42 Å². The smallest absolute Gasteiger partial charge is 0.407 e. The summed E-state index contributed by atoms with van der Waals surface area (Å²) in [5.41, 5.74) is 3.05. The molecule has 1 aromatic carbocycles.